The lowest BCUT2D eigenvalue weighted by Gasteiger charge is -2.32. The number of aryl methyl sites for hydroxylation is 2. The molecule has 4 aromatic rings. The summed E-state index contributed by atoms with van der Waals surface area (Å²) < 4.78 is 13.7. The van der Waals surface area contributed by atoms with Gasteiger partial charge >= 0.3 is 0 Å². The Labute approximate surface area is 309 Å². The van der Waals surface area contributed by atoms with Gasteiger partial charge in [-0.1, -0.05) is 50.0 Å². The molecule has 0 spiro atoms. The van der Waals surface area contributed by atoms with Gasteiger partial charge in [-0.05, 0) is 97.7 Å². The Hall–Kier alpha value is -4.10. The number of hydrogen-bond donors (Lipinski definition) is 2. The maximum Gasteiger partial charge on any atom is 0.291 e. The number of fused-ring (bicyclic) bond motifs is 3. The van der Waals surface area contributed by atoms with Gasteiger partial charge in [0.1, 0.15) is 12.5 Å². The van der Waals surface area contributed by atoms with Crippen LogP contribution < -0.4 is 15.4 Å². The van der Waals surface area contributed by atoms with Crippen LogP contribution >= 0.6 is 0 Å². The van der Waals surface area contributed by atoms with Crippen molar-refractivity contribution >= 4 is 39.1 Å². The number of nitrogens with one attached hydrogen (secondary N) is 2. The molecular weight excluding hydrogens is 667 g/mol. The number of nitrogens with zero attached hydrogens (tertiary/aromatic N) is 4. The number of aromatic nitrogens is 3. The maximum absolute atomic E-state index is 14.0. The summed E-state index contributed by atoms with van der Waals surface area (Å²) in [4.78, 5) is 32.6. The van der Waals surface area contributed by atoms with Gasteiger partial charge in [0.2, 0.25) is 5.91 Å². The number of pyridine rings is 1. The van der Waals surface area contributed by atoms with E-state index >= 15 is 0 Å². The van der Waals surface area contributed by atoms with Crippen molar-refractivity contribution < 1.29 is 19.1 Å². The lowest BCUT2D eigenvalue weighted by atomic mass is 9.76. The summed E-state index contributed by atoms with van der Waals surface area (Å²) in [6, 6.07) is 19.6. The number of anilines is 2. The second-order valence-electron chi connectivity index (χ2n) is 15.7. The molecule has 52 heavy (non-hydrogen) atoms. The molecule has 10 nitrogen and oxygen atoms in total. The van der Waals surface area contributed by atoms with Crippen LogP contribution in [-0.2, 0) is 32.2 Å². The number of rotatable bonds is 14. The monoisotopic (exact) mass is 717 g/mol. The molecule has 4 heterocycles. The predicted molar refractivity (Wildman–Crippen MR) is 210 cm³/mol. The van der Waals surface area contributed by atoms with Crippen molar-refractivity contribution in [2.75, 3.05) is 30.0 Å². The van der Waals surface area contributed by atoms with Crippen LogP contribution in [-0.4, -0.2) is 80.3 Å². The number of morpholine rings is 1. The van der Waals surface area contributed by atoms with Crippen LogP contribution in [0.25, 0.3) is 22.3 Å². The number of ether oxygens (including phenoxy) is 2. The molecule has 12 heteroatoms. The SMILES string of the molecule is Cc1nn(COCC[Si](C)(C)C)c(C)c1-c1ccc(NC(=O)[C@@H](N[B]C=O)[C@@H]2CCCc3ccc(-c4ccnc(N5C[C@H]6C[C@@H]5CO6)c4)cc32)cc1. The van der Waals surface area contributed by atoms with E-state index < -0.39 is 14.1 Å². The average Bonchev–Trinajstić information content (AvgIpc) is 3.85. The van der Waals surface area contributed by atoms with Crippen LogP contribution in [0, 0.1) is 13.8 Å². The zero-order valence-electron chi connectivity index (χ0n) is 31.0. The van der Waals surface area contributed by atoms with E-state index in [1.54, 1.807) is 0 Å². The van der Waals surface area contributed by atoms with Crippen molar-refractivity contribution in [3.63, 3.8) is 0 Å². The highest BCUT2D eigenvalue weighted by molar-refractivity contribution is 6.76. The fourth-order valence-electron chi connectivity index (χ4n) is 8.02. The highest BCUT2D eigenvalue weighted by Gasteiger charge is 2.39. The van der Waals surface area contributed by atoms with Gasteiger partial charge in [-0.15, -0.1) is 0 Å². The summed E-state index contributed by atoms with van der Waals surface area (Å²) in [5.74, 6) is 0.687. The highest BCUT2D eigenvalue weighted by Crippen LogP contribution is 2.39. The first kappa shape index (κ1) is 36.3. The molecule has 2 aliphatic heterocycles. The molecule has 1 aliphatic carbocycles. The second-order valence-corrected chi connectivity index (χ2v) is 21.3. The van der Waals surface area contributed by atoms with E-state index in [0.29, 0.717) is 30.7 Å². The Morgan fingerprint density at radius 3 is 2.62 bits per heavy atom. The van der Waals surface area contributed by atoms with Crippen LogP contribution in [0.15, 0.2) is 60.8 Å². The molecule has 2 N–H and O–H groups in total. The molecule has 2 saturated heterocycles. The summed E-state index contributed by atoms with van der Waals surface area (Å²) in [5, 5.41) is 11.0. The third kappa shape index (κ3) is 7.95. The van der Waals surface area contributed by atoms with E-state index in [1.807, 2.05) is 42.1 Å². The van der Waals surface area contributed by atoms with Gasteiger partial charge in [0, 0.05) is 50.3 Å². The van der Waals surface area contributed by atoms with Gasteiger partial charge in [-0.25, -0.2) is 9.67 Å². The standard InChI is InChI=1S/C40H50BN6O4Si/c1-26-38(27(2)47(45-26)25-50-17-18-52(3,4)5)29-11-13-32(14-12-29)43-40(49)39(44-41-24-48)35-8-6-7-28-9-10-30(19-36(28)35)31-15-16-42-37(20-31)46-22-34-21-33(46)23-51-34/h9-16,19-20,24,33-35,39,44H,6-8,17-18,21-23,25H2,1-5H3,(H,43,49)/t33-,34-,35-,39+/m1/s1. The largest absolute Gasteiger partial charge is 0.374 e. The molecule has 3 aliphatic rings. The zero-order valence-corrected chi connectivity index (χ0v) is 32.0. The molecule has 2 bridgehead atoms. The predicted octanol–water partition coefficient (Wildman–Crippen LogP) is 6.34. The Bertz CT molecular complexity index is 1910. The van der Waals surface area contributed by atoms with Gasteiger partial charge in [-0.2, -0.15) is 5.10 Å². The molecule has 2 fully saturated rings. The van der Waals surface area contributed by atoms with E-state index in [-0.39, 0.29) is 11.8 Å². The number of amides is 1. The molecule has 2 aromatic carbocycles. The highest BCUT2D eigenvalue weighted by atomic mass is 28.3. The number of benzene rings is 2. The third-order valence-electron chi connectivity index (χ3n) is 10.8. The van der Waals surface area contributed by atoms with Crippen molar-refractivity contribution in [3.05, 3.63) is 83.3 Å². The Morgan fingerprint density at radius 1 is 1.10 bits per heavy atom. The van der Waals surface area contributed by atoms with E-state index in [9.17, 15) is 9.59 Å². The molecule has 1 amide bonds. The molecule has 1 radical (unpaired) electrons. The minimum atomic E-state index is -1.16. The first-order valence-corrected chi connectivity index (χ1v) is 22.3. The van der Waals surface area contributed by atoms with Gasteiger partial charge in [-0.3, -0.25) is 4.79 Å². The smallest absolute Gasteiger partial charge is 0.291 e. The fourth-order valence-corrected chi connectivity index (χ4v) is 8.78. The van der Waals surface area contributed by atoms with E-state index in [0.717, 1.165) is 96.5 Å². The summed E-state index contributed by atoms with van der Waals surface area (Å²) in [6.07, 6.45) is 6.69. The summed E-state index contributed by atoms with van der Waals surface area (Å²) >= 11 is 0. The molecule has 7 rings (SSSR count). The van der Waals surface area contributed by atoms with E-state index in [4.69, 9.17) is 19.6 Å². The lowest BCUT2D eigenvalue weighted by molar-refractivity contribution is -0.118. The first-order chi connectivity index (χ1) is 25.1. The van der Waals surface area contributed by atoms with Crippen LogP contribution in [0.5, 0.6) is 0 Å². The molecule has 0 saturated carbocycles. The molecule has 2 aromatic heterocycles. The van der Waals surface area contributed by atoms with Crippen LogP contribution in [0.1, 0.15) is 47.7 Å². The third-order valence-corrected chi connectivity index (χ3v) is 12.5. The topological polar surface area (TPSA) is 111 Å². The molecule has 4 atom stereocenters. The lowest BCUT2D eigenvalue weighted by Crippen LogP contribution is -2.47. The Kier molecular flexibility index (Phi) is 10.8. The summed E-state index contributed by atoms with van der Waals surface area (Å²) in [5.41, 5.74) is 9.36. The minimum Gasteiger partial charge on any atom is -0.374 e. The van der Waals surface area contributed by atoms with Crippen LogP contribution in [0.2, 0.25) is 25.7 Å². The number of carbonyl (C=O) groups excluding carboxylic acids is 2. The van der Waals surface area contributed by atoms with Crippen LogP contribution in [0.3, 0.4) is 0 Å². The van der Waals surface area contributed by atoms with Crippen molar-refractivity contribution in [1.82, 2.24) is 20.0 Å². The first-order valence-electron chi connectivity index (χ1n) is 18.6. The second kappa shape index (κ2) is 15.5. The van der Waals surface area contributed by atoms with E-state index in [2.05, 4.69) is 72.3 Å². The van der Waals surface area contributed by atoms with Gasteiger partial charge < -0.3 is 29.7 Å². The molecular formula is C40H50BN6O4Si. The Morgan fingerprint density at radius 2 is 1.88 bits per heavy atom. The van der Waals surface area contributed by atoms with Crippen molar-refractivity contribution in [2.24, 2.45) is 0 Å². The maximum atomic E-state index is 14.0. The van der Waals surface area contributed by atoms with E-state index in [1.165, 1.54) is 13.0 Å². The summed E-state index contributed by atoms with van der Waals surface area (Å²) in [7, 11) is 0.180. The molecule has 271 valence electrons. The van der Waals surface area contributed by atoms with Crippen molar-refractivity contribution in [3.8, 4) is 22.3 Å². The minimum absolute atomic E-state index is 0.115. The van der Waals surface area contributed by atoms with Gasteiger partial charge in [0.25, 0.3) is 7.41 Å². The number of hydrogen-bond acceptors (Lipinski definition) is 8. The fraction of sp³-hybridized carbons (Fsp3) is 0.450. The Balaban J connectivity index is 1.07. The van der Waals surface area contributed by atoms with Crippen molar-refractivity contribution in [1.29, 1.82) is 0 Å². The molecule has 0 unspecified atom stereocenters. The van der Waals surface area contributed by atoms with Crippen molar-refractivity contribution in [2.45, 2.75) is 96.1 Å². The number of carbonyl (C=O) groups is 2. The quantitative estimate of drug-likeness (QED) is 0.0884. The van der Waals surface area contributed by atoms with Gasteiger partial charge in [0.15, 0.2) is 0 Å². The van der Waals surface area contributed by atoms with Gasteiger partial charge in [0.05, 0.1) is 36.7 Å². The average molecular weight is 718 g/mol. The zero-order chi connectivity index (χ0) is 36.4. The normalized spacial score (nSPS) is 20.1. The van der Waals surface area contributed by atoms with Crippen LogP contribution in [0.4, 0.5) is 11.5 Å². The summed E-state index contributed by atoms with van der Waals surface area (Å²) in [6.45, 7) is 13.9.